The van der Waals surface area contributed by atoms with Crippen molar-refractivity contribution in [2.75, 3.05) is 26.8 Å². The van der Waals surface area contributed by atoms with Gasteiger partial charge in [-0.1, -0.05) is 36.4 Å². The second kappa shape index (κ2) is 9.70. The van der Waals surface area contributed by atoms with Gasteiger partial charge in [0, 0.05) is 18.7 Å². The lowest BCUT2D eigenvalue weighted by atomic mass is 10.2. The van der Waals surface area contributed by atoms with Crippen molar-refractivity contribution in [3.05, 3.63) is 60.2 Å². The van der Waals surface area contributed by atoms with E-state index in [9.17, 15) is 18.0 Å². The molecule has 30 heavy (non-hydrogen) atoms. The summed E-state index contributed by atoms with van der Waals surface area (Å²) < 4.78 is 37.4. The molecule has 1 unspecified atom stereocenters. The van der Waals surface area contributed by atoms with E-state index < -0.39 is 28.1 Å². The fraction of sp³-hybridized carbons (Fsp3) is 0.300. The van der Waals surface area contributed by atoms with Gasteiger partial charge < -0.3 is 20.1 Å². The van der Waals surface area contributed by atoms with Gasteiger partial charge in [0.1, 0.15) is 12.0 Å². The first-order valence-corrected chi connectivity index (χ1v) is 10.7. The van der Waals surface area contributed by atoms with Crippen LogP contribution < -0.4 is 15.4 Å². The molecule has 3 rings (SSSR count). The molecule has 1 aliphatic heterocycles. The van der Waals surface area contributed by atoms with Crippen molar-refractivity contribution in [2.24, 2.45) is 0 Å². The molecule has 1 saturated heterocycles. The van der Waals surface area contributed by atoms with Crippen LogP contribution in [0.25, 0.3) is 0 Å². The third-order valence-electron chi connectivity index (χ3n) is 4.57. The zero-order valence-electron chi connectivity index (χ0n) is 16.4. The first-order valence-electron chi connectivity index (χ1n) is 9.30. The minimum absolute atomic E-state index is 0.116. The molecular formula is C20H23N3O6S. The fourth-order valence-electron chi connectivity index (χ4n) is 3.03. The van der Waals surface area contributed by atoms with Gasteiger partial charge in [-0.15, -0.1) is 0 Å². The number of carbonyl (C=O) groups is 2. The lowest BCUT2D eigenvalue weighted by Crippen LogP contribution is -2.47. The van der Waals surface area contributed by atoms with Crippen molar-refractivity contribution < 1.29 is 27.5 Å². The second-order valence-corrected chi connectivity index (χ2v) is 8.35. The van der Waals surface area contributed by atoms with E-state index in [-0.39, 0.29) is 31.1 Å². The summed E-state index contributed by atoms with van der Waals surface area (Å²) in [6, 6.07) is 15.1. The Morgan fingerprint density at radius 1 is 1.07 bits per heavy atom. The minimum atomic E-state index is -3.77. The molecule has 1 fully saturated rings. The Hall–Kier alpha value is -2.95. The Kier molecular flexibility index (Phi) is 7.03. The van der Waals surface area contributed by atoms with Crippen LogP contribution in [0.5, 0.6) is 5.75 Å². The predicted molar refractivity (Wildman–Crippen MR) is 108 cm³/mol. The van der Waals surface area contributed by atoms with Gasteiger partial charge in [0.2, 0.25) is 10.0 Å². The molecule has 9 nitrogen and oxygen atoms in total. The molecule has 10 heteroatoms. The second-order valence-electron chi connectivity index (χ2n) is 6.46. The van der Waals surface area contributed by atoms with Gasteiger partial charge in [0.15, 0.2) is 0 Å². The maximum Gasteiger partial charge on any atom is 0.309 e. The van der Waals surface area contributed by atoms with Crippen molar-refractivity contribution in [1.82, 2.24) is 14.9 Å². The van der Waals surface area contributed by atoms with E-state index >= 15 is 0 Å². The van der Waals surface area contributed by atoms with Crippen LogP contribution in [0.1, 0.15) is 5.56 Å². The topological polar surface area (TPSA) is 114 Å². The van der Waals surface area contributed by atoms with Gasteiger partial charge in [0.05, 0.1) is 25.2 Å². The summed E-state index contributed by atoms with van der Waals surface area (Å²) in [6.45, 7) is 0.335. The number of benzene rings is 2. The monoisotopic (exact) mass is 433 g/mol. The highest BCUT2D eigenvalue weighted by Crippen LogP contribution is 2.21. The molecule has 0 spiro atoms. The van der Waals surface area contributed by atoms with Crippen molar-refractivity contribution in [3.63, 3.8) is 0 Å². The van der Waals surface area contributed by atoms with Gasteiger partial charge >= 0.3 is 11.8 Å². The number of nitrogens with one attached hydrogen (secondary N) is 2. The average Bonchev–Trinajstić information content (AvgIpc) is 3.26. The summed E-state index contributed by atoms with van der Waals surface area (Å²) in [5.41, 5.74) is 0.723. The van der Waals surface area contributed by atoms with E-state index in [1.54, 1.807) is 42.5 Å². The number of carbonyl (C=O) groups excluding carboxylic acids is 2. The molecule has 160 valence electrons. The highest BCUT2D eigenvalue weighted by atomic mass is 32.2. The molecule has 2 amide bonds. The Bertz CT molecular complexity index is 997. The maximum absolute atomic E-state index is 12.8. The van der Waals surface area contributed by atoms with Crippen molar-refractivity contribution in [1.29, 1.82) is 0 Å². The van der Waals surface area contributed by atoms with Crippen molar-refractivity contribution >= 4 is 21.8 Å². The molecule has 0 saturated carbocycles. The Morgan fingerprint density at radius 3 is 2.47 bits per heavy atom. The highest BCUT2D eigenvalue weighted by Gasteiger charge is 2.36. The number of hydrogen-bond donors (Lipinski definition) is 2. The van der Waals surface area contributed by atoms with E-state index in [4.69, 9.17) is 9.47 Å². The van der Waals surface area contributed by atoms with Gasteiger partial charge in [-0.05, 0) is 18.2 Å². The van der Waals surface area contributed by atoms with E-state index in [1.165, 1.54) is 23.5 Å². The third kappa shape index (κ3) is 4.96. The number of nitrogens with zero attached hydrogens (tertiary/aromatic N) is 1. The molecule has 1 atom stereocenters. The summed E-state index contributed by atoms with van der Waals surface area (Å²) in [5, 5.41) is 4.94. The van der Waals surface area contributed by atoms with Crippen LogP contribution in [0.4, 0.5) is 0 Å². The fourth-order valence-corrected chi connectivity index (χ4v) is 4.57. The first-order chi connectivity index (χ1) is 14.4. The molecule has 1 aliphatic rings. The summed E-state index contributed by atoms with van der Waals surface area (Å²) in [4.78, 5) is 24.3. The number of para-hydroxylation sites is 1. The summed E-state index contributed by atoms with van der Waals surface area (Å²) in [7, 11) is -2.25. The molecular weight excluding hydrogens is 410 g/mol. The van der Waals surface area contributed by atoms with Crippen LogP contribution in [0, 0.1) is 0 Å². The van der Waals surface area contributed by atoms with Gasteiger partial charge in [0.25, 0.3) is 0 Å². The lowest BCUT2D eigenvalue weighted by molar-refractivity contribution is -0.139. The van der Waals surface area contributed by atoms with E-state index in [1.807, 2.05) is 0 Å². The van der Waals surface area contributed by atoms with Crippen LogP contribution in [0.2, 0.25) is 0 Å². The molecule has 0 radical (unpaired) electrons. The Morgan fingerprint density at radius 2 is 1.73 bits per heavy atom. The quantitative estimate of drug-likeness (QED) is 0.614. The van der Waals surface area contributed by atoms with Crippen LogP contribution in [-0.4, -0.2) is 57.6 Å². The van der Waals surface area contributed by atoms with E-state index in [0.29, 0.717) is 5.75 Å². The average molecular weight is 433 g/mol. The molecule has 0 bridgehead atoms. The number of methoxy groups -OCH3 is 1. The normalized spacial score (nSPS) is 16.8. The molecule has 2 aromatic rings. The standard InChI is InChI=1S/C20H23N3O6S/c1-28-17-10-6-5-7-15(17)13-21-19(24)20(25)22-14-18-23(11-12-29-18)30(26,27)16-8-3-2-4-9-16/h2-10,18H,11-14H2,1H3,(H,21,24)(H,22,25). The molecule has 0 aliphatic carbocycles. The van der Waals surface area contributed by atoms with E-state index in [0.717, 1.165) is 5.56 Å². The maximum atomic E-state index is 12.8. The van der Waals surface area contributed by atoms with Crippen LogP contribution in [0.3, 0.4) is 0 Å². The SMILES string of the molecule is COc1ccccc1CNC(=O)C(=O)NCC1OCCN1S(=O)(=O)c1ccccc1. The predicted octanol–water partition coefficient (Wildman–Crippen LogP) is 0.475. The van der Waals surface area contributed by atoms with E-state index in [2.05, 4.69) is 10.6 Å². The van der Waals surface area contributed by atoms with Crippen LogP contribution in [-0.2, 0) is 30.9 Å². The van der Waals surface area contributed by atoms with Gasteiger partial charge in [-0.25, -0.2) is 8.42 Å². The first kappa shape index (κ1) is 21.8. The highest BCUT2D eigenvalue weighted by molar-refractivity contribution is 7.89. The molecule has 1 heterocycles. The number of rotatable bonds is 7. The Labute approximate surface area is 175 Å². The largest absolute Gasteiger partial charge is 0.496 e. The summed E-state index contributed by atoms with van der Waals surface area (Å²) >= 11 is 0. The summed E-state index contributed by atoms with van der Waals surface area (Å²) in [6.07, 6.45) is -0.888. The lowest BCUT2D eigenvalue weighted by Gasteiger charge is -2.22. The number of ether oxygens (including phenoxy) is 2. The zero-order valence-corrected chi connectivity index (χ0v) is 17.2. The minimum Gasteiger partial charge on any atom is -0.496 e. The van der Waals surface area contributed by atoms with Gasteiger partial charge in [-0.3, -0.25) is 9.59 Å². The van der Waals surface area contributed by atoms with Crippen LogP contribution >= 0.6 is 0 Å². The van der Waals surface area contributed by atoms with Crippen molar-refractivity contribution in [2.45, 2.75) is 17.7 Å². The van der Waals surface area contributed by atoms with Crippen LogP contribution in [0.15, 0.2) is 59.5 Å². The number of hydrogen-bond acceptors (Lipinski definition) is 6. The summed E-state index contributed by atoms with van der Waals surface area (Å²) in [5.74, 6) is -1.12. The van der Waals surface area contributed by atoms with Gasteiger partial charge in [-0.2, -0.15) is 4.31 Å². The van der Waals surface area contributed by atoms with Crippen molar-refractivity contribution in [3.8, 4) is 5.75 Å². The third-order valence-corrected chi connectivity index (χ3v) is 6.47. The molecule has 2 N–H and O–H groups in total. The smallest absolute Gasteiger partial charge is 0.309 e. The number of sulfonamides is 1. The number of amides is 2. The Balaban J connectivity index is 1.55. The molecule has 0 aromatic heterocycles. The zero-order chi connectivity index (χ0) is 21.6. The molecule has 2 aromatic carbocycles.